The highest BCUT2D eigenvalue weighted by Gasteiger charge is 2.19. The Morgan fingerprint density at radius 3 is 0.741 bits per heavy atom. The number of carbonyl (C=O) groups excluding carboxylic acids is 3. The van der Waals surface area contributed by atoms with Crippen LogP contribution >= 0.6 is 0 Å². The van der Waals surface area contributed by atoms with Gasteiger partial charge in [0.2, 0.25) is 0 Å². The van der Waals surface area contributed by atoms with E-state index in [-0.39, 0.29) is 31.1 Å². The van der Waals surface area contributed by atoms with Crippen LogP contribution in [0.2, 0.25) is 0 Å². The van der Waals surface area contributed by atoms with Crippen molar-refractivity contribution in [1.82, 2.24) is 0 Å². The molecule has 0 aromatic rings. The third-order valence-corrected chi connectivity index (χ3v) is 10.9. The maximum absolute atomic E-state index is 12.7. The molecule has 0 heterocycles. The molecule has 0 aliphatic heterocycles. The maximum atomic E-state index is 12.7. The van der Waals surface area contributed by atoms with Crippen LogP contribution in [0.25, 0.3) is 0 Å². The van der Waals surface area contributed by atoms with Gasteiger partial charge in [-0.15, -0.1) is 0 Å². The van der Waals surface area contributed by atoms with Crippen LogP contribution in [0.15, 0.2) is 0 Å². The van der Waals surface area contributed by atoms with E-state index in [0.29, 0.717) is 19.3 Å². The molecular weight excluding hydrogens is 673 g/mol. The van der Waals surface area contributed by atoms with Crippen LogP contribution in [-0.2, 0) is 28.6 Å². The highest BCUT2D eigenvalue weighted by molar-refractivity contribution is 5.71. The smallest absolute Gasteiger partial charge is 0.306 e. The summed E-state index contributed by atoms with van der Waals surface area (Å²) in [6.45, 7) is 6.59. The Kier molecular flexibility index (Phi) is 42.8. The van der Waals surface area contributed by atoms with Gasteiger partial charge in [0.25, 0.3) is 0 Å². The Hall–Kier alpha value is -1.59. The highest BCUT2D eigenvalue weighted by Crippen LogP contribution is 2.16. The minimum absolute atomic E-state index is 0.0634. The molecule has 0 spiro atoms. The fraction of sp³-hybridized carbons (Fsp3) is 0.938. The Labute approximate surface area is 336 Å². The average molecular weight is 765 g/mol. The van der Waals surface area contributed by atoms with Crippen LogP contribution in [0, 0.1) is 0 Å². The molecule has 54 heavy (non-hydrogen) atoms. The van der Waals surface area contributed by atoms with Crippen molar-refractivity contribution in [2.24, 2.45) is 0 Å². The Morgan fingerprint density at radius 2 is 0.500 bits per heavy atom. The molecular formula is C48H92O6. The van der Waals surface area contributed by atoms with Crippen LogP contribution in [-0.4, -0.2) is 37.2 Å². The fourth-order valence-corrected chi connectivity index (χ4v) is 7.21. The zero-order chi connectivity index (χ0) is 39.4. The first-order chi connectivity index (χ1) is 26.5. The van der Waals surface area contributed by atoms with Gasteiger partial charge in [0, 0.05) is 19.3 Å². The number of ether oxygens (including phenoxy) is 3. The summed E-state index contributed by atoms with van der Waals surface area (Å²) in [7, 11) is 0. The van der Waals surface area contributed by atoms with Crippen LogP contribution in [0.5, 0.6) is 0 Å². The SMILES string of the molecule is CCCCCCCCCCCCCCCCCCCC(=O)OC[C@@H](COC(=O)CCCCCCC)OC(=O)CCCCCCCCCCCCCCCC. The number of hydrogen-bond acceptors (Lipinski definition) is 6. The van der Waals surface area contributed by atoms with E-state index < -0.39 is 6.10 Å². The molecule has 0 bridgehead atoms. The van der Waals surface area contributed by atoms with Crippen molar-refractivity contribution in [2.45, 2.75) is 277 Å². The molecule has 0 N–H and O–H groups in total. The standard InChI is InChI=1S/C48H92O6/c1-4-7-10-13-15-17-19-21-23-24-25-27-28-30-32-35-38-41-47(50)53-44-45(43-52-46(49)40-37-34-12-9-6-3)54-48(51)42-39-36-33-31-29-26-22-20-18-16-14-11-8-5-2/h45H,4-44H2,1-3H3/t45-/m1/s1. The second kappa shape index (κ2) is 44.1. The third-order valence-electron chi connectivity index (χ3n) is 10.9. The third kappa shape index (κ3) is 41.6. The van der Waals surface area contributed by atoms with E-state index in [1.165, 1.54) is 167 Å². The monoisotopic (exact) mass is 765 g/mol. The van der Waals surface area contributed by atoms with Gasteiger partial charge in [-0.2, -0.15) is 0 Å². The lowest BCUT2D eigenvalue weighted by atomic mass is 10.0. The first-order valence-corrected chi connectivity index (χ1v) is 24.0. The van der Waals surface area contributed by atoms with Gasteiger partial charge in [-0.3, -0.25) is 14.4 Å². The van der Waals surface area contributed by atoms with Crippen LogP contribution < -0.4 is 0 Å². The summed E-state index contributed by atoms with van der Waals surface area (Å²) in [6, 6.07) is 0. The summed E-state index contributed by atoms with van der Waals surface area (Å²) in [5.74, 6) is -0.862. The van der Waals surface area contributed by atoms with Gasteiger partial charge in [0.15, 0.2) is 6.10 Å². The van der Waals surface area contributed by atoms with E-state index in [9.17, 15) is 14.4 Å². The Bertz CT molecular complexity index is 798. The molecule has 0 aliphatic carbocycles. The van der Waals surface area contributed by atoms with Crippen molar-refractivity contribution in [3.63, 3.8) is 0 Å². The fourth-order valence-electron chi connectivity index (χ4n) is 7.21. The first-order valence-electron chi connectivity index (χ1n) is 24.0. The largest absolute Gasteiger partial charge is 0.462 e. The summed E-state index contributed by atoms with van der Waals surface area (Å²) in [5, 5.41) is 0. The molecule has 0 fully saturated rings. The molecule has 0 unspecified atom stereocenters. The molecule has 0 aromatic heterocycles. The molecule has 1 atom stereocenters. The molecule has 0 aliphatic rings. The molecule has 320 valence electrons. The second-order valence-corrected chi connectivity index (χ2v) is 16.4. The van der Waals surface area contributed by atoms with E-state index >= 15 is 0 Å². The van der Waals surface area contributed by atoms with E-state index in [1.807, 2.05) is 0 Å². The van der Waals surface area contributed by atoms with Crippen molar-refractivity contribution in [3.05, 3.63) is 0 Å². The molecule has 6 nitrogen and oxygen atoms in total. The number of rotatable bonds is 44. The molecule has 0 rings (SSSR count). The van der Waals surface area contributed by atoms with E-state index in [1.54, 1.807) is 0 Å². The quantitative estimate of drug-likeness (QED) is 0.0349. The van der Waals surface area contributed by atoms with E-state index in [2.05, 4.69) is 20.8 Å². The Balaban J connectivity index is 4.13. The molecule has 0 amide bonds. The van der Waals surface area contributed by atoms with E-state index in [0.717, 1.165) is 64.2 Å². The van der Waals surface area contributed by atoms with Crippen LogP contribution in [0.3, 0.4) is 0 Å². The van der Waals surface area contributed by atoms with Crippen molar-refractivity contribution in [3.8, 4) is 0 Å². The maximum Gasteiger partial charge on any atom is 0.306 e. The van der Waals surface area contributed by atoms with Crippen LogP contribution in [0.4, 0.5) is 0 Å². The van der Waals surface area contributed by atoms with Gasteiger partial charge in [0.05, 0.1) is 0 Å². The summed E-state index contributed by atoms with van der Waals surface area (Å²) >= 11 is 0. The zero-order valence-electron chi connectivity index (χ0n) is 36.5. The zero-order valence-corrected chi connectivity index (χ0v) is 36.5. The lowest BCUT2D eigenvalue weighted by molar-refractivity contribution is -0.167. The summed E-state index contributed by atoms with van der Waals surface area (Å²) < 4.78 is 16.6. The predicted octanol–water partition coefficient (Wildman–Crippen LogP) is 15.3. The molecule has 0 aromatic carbocycles. The van der Waals surface area contributed by atoms with Gasteiger partial charge in [0.1, 0.15) is 13.2 Å². The lowest BCUT2D eigenvalue weighted by Gasteiger charge is -2.18. The molecule has 0 saturated heterocycles. The summed E-state index contributed by atoms with van der Waals surface area (Å²) in [6.07, 6.45) is 45.4. The summed E-state index contributed by atoms with van der Waals surface area (Å²) in [4.78, 5) is 37.5. The summed E-state index contributed by atoms with van der Waals surface area (Å²) in [5.41, 5.74) is 0. The van der Waals surface area contributed by atoms with Crippen molar-refractivity contribution < 1.29 is 28.6 Å². The van der Waals surface area contributed by atoms with Gasteiger partial charge >= 0.3 is 17.9 Å². The van der Waals surface area contributed by atoms with Gasteiger partial charge in [-0.1, -0.05) is 233 Å². The second-order valence-electron chi connectivity index (χ2n) is 16.4. The van der Waals surface area contributed by atoms with Gasteiger partial charge in [-0.05, 0) is 19.3 Å². The first kappa shape index (κ1) is 52.4. The molecule has 6 heteroatoms. The van der Waals surface area contributed by atoms with Gasteiger partial charge in [-0.25, -0.2) is 0 Å². The minimum atomic E-state index is -0.757. The number of hydrogen-bond donors (Lipinski definition) is 0. The van der Waals surface area contributed by atoms with Crippen molar-refractivity contribution >= 4 is 17.9 Å². The van der Waals surface area contributed by atoms with Crippen molar-refractivity contribution in [2.75, 3.05) is 13.2 Å². The van der Waals surface area contributed by atoms with Gasteiger partial charge < -0.3 is 14.2 Å². The Morgan fingerprint density at radius 1 is 0.296 bits per heavy atom. The minimum Gasteiger partial charge on any atom is -0.462 e. The lowest BCUT2D eigenvalue weighted by Crippen LogP contribution is -2.30. The molecule has 0 radical (unpaired) electrons. The number of carbonyl (C=O) groups is 3. The normalized spacial score (nSPS) is 11.8. The number of esters is 3. The average Bonchev–Trinajstić information content (AvgIpc) is 3.17. The highest BCUT2D eigenvalue weighted by atomic mass is 16.6. The van der Waals surface area contributed by atoms with Crippen molar-refractivity contribution in [1.29, 1.82) is 0 Å². The van der Waals surface area contributed by atoms with Crippen LogP contribution in [0.1, 0.15) is 271 Å². The topological polar surface area (TPSA) is 78.9 Å². The molecule has 0 saturated carbocycles. The predicted molar refractivity (Wildman–Crippen MR) is 229 cm³/mol. The van der Waals surface area contributed by atoms with E-state index in [4.69, 9.17) is 14.2 Å². The number of unbranched alkanes of at least 4 members (excludes halogenated alkanes) is 33.